The smallest absolute Gasteiger partial charge is 0.168 e. The zero-order chi connectivity index (χ0) is 18.0. The van der Waals surface area contributed by atoms with Crippen LogP contribution >= 0.6 is 11.6 Å². The molecule has 0 radical (unpaired) electrons. The van der Waals surface area contributed by atoms with Crippen molar-refractivity contribution < 1.29 is 18.3 Å². The molecule has 4 nitrogen and oxygen atoms in total. The number of benzene rings is 1. The van der Waals surface area contributed by atoms with Gasteiger partial charge in [0.15, 0.2) is 17.3 Å². The lowest BCUT2D eigenvalue weighted by Gasteiger charge is -2.26. The van der Waals surface area contributed by atoms with E-state index in [1.165, 1.54) is 13.1 Å². The van der Waals surface area contributed by atoms with E-state index >= 15 is 0 Å². The molecule has 2 heterocycles. The van der Waals surface area contributed by atoms with Crippen LogP contribution in [0.2, 0.25) is 5.02 Å². The zero-order valence-corrected chi connectivity index (χ0v) is 14.3. The predicted molar refractivity (Wildman–Crippen MR) is 90.0 cm³/mol. The summed E-state index contributed by atoms with van der Waals surface area (Å²) in [6.07, 6.45) is 3.35. The highest BCUT2D eigenvalue weighted by Gasteiger charge is 2.30. The van der Waals surface area contributed by atoms with Crippen molar-refractivity contribution in [1.29, 1.82) is 0 Å². The van der Waals surface area contributed by atoms with E-state index in [1.54, 1.807) is 12.3 Å². The average molecular weight is 367 g/mol. The van der Waals surface area contributed by atoms with Crippen LogP contribution in [0.15, 0.2) is 30.6 Å². The normalized spacial score (nSPS) is 18.2. The Morgan fingerprint density at radius 2 is 2.16 bits per heavy atom. The fraction of sp³-hybridized carbons (Fsp3) is 0.333. The summed E-state index contributed by atoms with van der Waals surface area (Å²) in [6, 6.07) is 3.40. The summed E-state index contributed by atoms with van der Waals surface area (Å²) in [6.45, 7) is 2.73. The number of ketones is 1. The van der Waals surface area contributed by atoms with Crippen molar-refractivity contribution in [3.8, 4) is 5.75 Å². The molecule has 0 spiro atoms. The highest BCUT2D eigenvalue weighted by atomic mass is 35.5. The van der Waals surface area contributed by atoms with Gasteiger partial charge in [-0.2, -0.15) is 0 Å². The highest BCUT2D eigenvalue weighted by molar-refractivity contribution is 6.30. The Bertz CT molecular complexity index is 795. The highest BCUT2D eigenvalue weighted by Crippen LogP contribution is 2.36. The number of rotatable bonds is 5. The number of nitrogens with zero attached hydrogens (tertiary/aromatic N) is 1. The Kier molecular flexibility index (Phi) is 5.30. The Morgan fingerprint density at radius 1 is 1.36 bits per heavy atom. The van der Waals surface area contributed by atoms with Crippen molar-refractivity contribution in [3.05, 3.63) is 58.4 Å². The lowest BCUT2D eigenvalue weighted by molar-refractivity contribution is 0.0991. The second-order valence-electron chi connectivity index (χ2n) is 6.05. The number of hydrogen-bond acceptors (Lipinski definition) is 4. The van der Waals surface area contributed by atoms with Gasteiger partial charge in [-0.05, 0) is 32.0 Å². The third kappa shape index (κ3) is 3.96. The van der Waals surface area contributed by atoms with Gasteiger partial charge in [-0.3, -0.25) is 9.78 Å². The number of hydrogen-bond donors (Lipinski definition) is 1. The fourth-order valence-corrected chi connectivity index (χ4v) is 3.21. The van der Waals surface area contributed by atoms with Crippen molar-refractivity contribution in [1.82, 2.24) is 10.3 Å². The van der Waals surface area contributed by atoms with Crippen LogP contribution in [0.4, 0.5) is 8.78 Å². The third-order valence-electron chi connectivity index (χ3n) is 4.21. The SMILES string of the molecule is CC(=O)c1cc(F)cc(F)c1OC(c1cncc(Cl)c1)C1CCNC1. The van der Waals surface area contributed by atoms with Crippen LogP contribution in [0.1, 0.15) is 35.4 Å². The molecule has 0 bridgehead atoms. The first kappa shape index (κ1) is 17.8. The minimum Gasteiger partial charge on any atom is -0.481 e. The molecule has 25 heavy (non-hydrogen) atoms. The van der Waals surface area contributed by atoms with E-state index in [0.717, 1.165) is 19.0 Å². The summed E-state index contributed by atoms with van der Waals surface area (Å²) in [4.78, 5) is 15.9. The molecular weight excluding hydrogens is 350 g/mol. The number of halogens is 3. The minimum atomic E-state index is -0.906. The molecule has 2 atom stereocenters. The van der Waals surface area contributed by atoms with Crippen LogP contribution in [0, 0.1) is 17.6 Å². The molecular formula is C18H17ClF2N2O2. The van der Waals surface area contributed by atoms with Gasteiger partial charge in [0, 0.05) is 36.5 Å². The molecule has 1 saturated heterocycles. The number of aromatic nitrogens is 1. The standard InChI is InChI=1S/C18H17ClF2N2O2/c1-10(24)15-5-14(20)6-16(21)18(15)25-17(11-2-3-22-7-11)12-4-13(19)9-23-8-12/h4-6,8-9,11,17,22H,2-3,7H2,1H3. The largest absolute Gasteiger partial charge is 0.481 e. The number of carbonyl (C=O) groups is 1. The van der Waals surface area contributed by atoms with E-state index in [9.17, 15) is 13.6 Å². The quantitative estimate of drug-likeness (QED) is 0.814. The molecule has 3 rings (SSSR count). The van der Waals surface area contributed by atoms with E-state index in [-0.39, 0.29) is 17.2 Å². The number of carbonyl (C=O) groups excluding carboxylic acids is 1. The fourth-order valence-electron chi connectivity index (χ4n) is 3.02. The van der Waals surface area contributed by atoms with Crippen LogP contribution in [-0.2, 0) is 0 Å². The second kappa shape index (κ2) is 7.45. The lowest BCUT2D eigenvalue weighted by Crippen LogP contribution is -2.23. The maximum absolute atomic E-state index is 14.3. The van der Waals surface area contributed by atoms with Crippen molar-refractivity contribution in [2.75, 3.05) is 13.1 Å². The molecule has 2 aromatic rings. The molecule has 7 heteroatoms. The Morgan fingerprint density at radius 3 is 2.80 bits per heavy atom. The van der Waals surface area contributed by atoms with Gasteiger partial charge in [0.2, 0.25) is 0 Å². The molecule has 1 fully saturated rings. The average Bonchev–Trinajstić information content (AvgIpc) is 3.07. The van der Waals surface area contributed by atoms with Gasteiger partial charge < -0.3 is 10.1 Å². The van der Waals surface area contributed by atoms with Crippen LogP contribution in [0.25, 0.3) is 0 Å². The Labute approximate surface area is 149 Å². The molecule has 1 aliphatic heterocycles. The van der Waals surface area contributed by atoms with Gasteiger partial charge in [-0.25, -0.2) is 8.78 Å². The summed E-state index contributed by atoms with van der Waals surface area (Å²) in [5.74, 6) is -2.40. The number of Topliss-reactive ketones (excluding diaryl/α,β-unsaturated/α-hetero) is 1. The van der Waals surface area contributed by atoms with E-state index in [4.69, 9.17) is 16.3 Å². The molecule has 2 unspecified atom stereocenters. The molecule has 1 aliphatic rings. The number of nitrogens with one attached hydrogen (secondary N) is 1. The van der Waals surface area contributed by atoms with E-state index in [1.807, 2.05) is 0 Å². The summed E-state index contributed by atoms with van der Waals surface area (Å²) in [7, 11) is 0. The summed E-state index contributed by atoms with van der Waals surface area (Å²) in [5, 5.41) is 3.66. The van der Waals surface area contributed by atoms with Crippen molar-refractivity contribution in [2.45, 2.75) is 19.4 Å². The van der Waals surface area contributed by atoms with Gasteiger partial charge in [-0.1, -0.05) is 11.6 Å². The van der Waals surface area contributed by atoms with Crippen LogP contribution in [0.5, 0.6) is 5.75 Å². The monoisotopic (exact) mass is 366 g/mol. The maximum Gasteiger partial charge on any atom is 0.168 e. The second-order valence-corrected chi connectivity index (χ2v) is 6.48. The first-order valence-electron chi connectivity index (χ1n) is 7.93. The molecule has 132 valence electrons. The molecule has 1 N–H and O–H groups in total. The third-order valence-corrected chi connectivity index (χ3v) is 4.42. The van der Waals surface area contributed by atoms with Crippen LogP contribution < -0.4 is 10.1 Å². The molecule has 0 aliphatic carbocycles. The Hall–Kier alpha value is -2.05. The topological polar surface area (TPSA) is 51.2 Å². The van der Waals surface area contributed by atoms with Gasteiger partial charge in [0.05, 0.1) is 10.6 Å². The first-order chi connectivity index (χ1) is 12.0. The van der Waals surface area contributed by atoms with Gasteiger partial charge in [0.1, 0.15) is 11.9 Å². The molecule has 0 amide bonds. The van der Waals surface area contributed by atoms with E-state index in [0.29, 0.717) is 23.2 Å². The summed E-state index contributed by atoms with van der Waals surface area (Å²) < 4.78 is 33.8. The summed E-state index contributed by atoms with van der Waals surface area (Å²) in [5.41, 5.74) is 0.558. The van der Waals surface area contributed by atoms with Crippen molar-refractivity contribution >= 4 is 17.4 Å². The zero-order valence-electron chi connectivity index (χ0n) is 13.6. The van der Waals surface area contributed by atoms with E-state index < -0.39 is 23.5 Å². The Balaban J connectivity index is 2.03. The van der Waals surface area contributed by atoms with Crippen LogP contribution in [-0.4, -0.2) is 23.9 Å². The van der Waals surface area contributed by atoms with Crippen LogP contribution in [0.3, 0.4) is 0 Å². The van der Waals surface area contributed by atoms with Crippen molar-refractivity contribution in [3.63, 3.8) is 0 Å². The van der Waals surface area contributed by atoms with E-state index in [2.05, 4.69) is 10.3 Å². The molecule has 0 saturated carbocycles. The minimum absolute atomic E-state index is 0.0459. The molecule has 1 aromatic heterocycles. The van der Waals surface area contributed by atoms with Gasteiger partial charge in [0.25, 0.3) is 0 Å². The lowest BCUT2D eigenvalue weighted by atomic mass is 9.95. The number of ether oxygens (including phenoxy) is 1. The van der Waals surface area contributed by atoms with Gasteiger partial charge >= 0.3 is 0 Å². The number of pyridine rings is 1. The first-order valence-corrected chi connectivity index (χ1v) is 8.31. The van der Waals surface area contributed by atoms with Crippen molar-refractivity contribution in [2.24, 2.45) is 5.92 Å². The van der Waals surface area contributed by atoms with Gasteiger partial charge in [-0.15, -0.1) is 0 Å². The predicted octanol–water partition coefficient (Wildman–Crippen LogP) is 3.95. The summed E-state index contributed by atoms with van der Waals surface area (Å²) >= 11 is 6.02. The maximum atomic E-state index is 14.3. The molecule has 1 aromatic carbocycles.